The van der Waals surface area contributed by atoms with E-state index >= 15 is 0 Å². The minimum Gasteiger partial charge on any atom is -0.394 e. The van der Waals surface area contributed by atoms with Crippen molar-refractivity contribution in [1.29, 1.82) is 0 Å². The molecule has 0 bridgehead atoms. The van der Waals surface area contributed by atoms with Gasteiger partial charge in [-0.2, -0.15) is 0 Å². The molecule has 1 aliphatic rings. The number of aliphatic hydroxyl groups is 2. The molecule has 0 heterocycles. The Bertz CT molecular complexity index is 754. The third-order valence-corrected chi connectivity index (χ3v) is 3.68. The summed E-state index contributed by atoms with van der Waals surface area (Å²) in [6.07, 6.45) is -0.880. The molecule has 2 aromatic carbocycles. The van der Waals surface area contributed by atoms with Crippen molar-refractivity contribution >= 4 is 17.3 Å². The summed E-state index contributed by atoms with van der Waals surface area (Å²) in [7, 11) is 0. The number of carbonyl (C=O) groups excluding carboxylic acids is 2. The van der Waals surface area contributed by atoms with Crippen LogP contribution in [0.5, 0.6) is 0 Å². The lowest BCUT2D eigenvalue weighted by atomic mass is 9.84. The third kappa shape index (κ3) is 2.41. The van der Waals surface area contributed by atoms with Gasteiger partial charge in [-0.05, 0) is 18.2 Å². The fraction of sp³-hybridized carbons (Fsp3) is 0.176. The van der Waals surface area contributed by atoms with E-state index in [4.69, 9.17) is 5.11 Å². The Morgan fingerprint density at radius 2 is 1.50 bits per heavy atom. The van der Waals surface area contributed by atoms with E-state index in [9.17, 15) is 14.7 Å². The first kappa shape index (κ1) is 14.4. The van der Waals surface area contributed by atoms with Gasteiger partial charge in [0.15, 0.2) is 11.6 Å². The second kappa shape index (κ2) is 5.71. The number of benzene rings is 2. The predicted octanol–water partition coefficient (Wildman–Crippen LogP) is 1.23. The second-order valence-corrected chi connectivity index (χ2v) is 5.18. The molecule has 0 amide bonds. The zero-order chi connectivity index (χ0) is 15.7. The minimum absolute atomic E-state index is 0.160. The average Bonchev–Trinajstić information content (AvgIpc) is 2.57. The summed E-state index contributed by atoms with van der Waals surface area (Å²) in [5.74, 6) is -0.344. The molecule has 22 heavy (non-hydrogen) atoms. The molecule has 0 saturated carbocycles. The van der Waals surface area contributed by atoms with Crippen LogP contribution in [-0.2, 0) is 0 Å². The Hall–Kier alpha value is -2.50. The first-order valence-corrected chi connectivity index (χ1v) is 6.97. The van der Waals surface area contributed by atoms with Crippen LogP contribution in [0.15, 0.2) is 42.5 Å². The van der Waals surface area contributed by atoms with Gasteiger partial charge in [-0.3, -0.25) is 9.59 Å². The third-order valence-electron chi connectivity index (χ3n) is 3.68. The topological polar surface area (TPSA) is 86.6 Å². The fourth-order valence-corrected chi connectivity index (χ4v) is 2.51. The van der Waals surface area contributed by atoms with Gasteiger partial charge in [0.25, 0.3) is 0 Å². The van der Waals surface area contributed by atoms with Gasteiger partial charge in [-0.1, -0.05) is 24.3 Å². The van der Waals surface area contributed by atoms with E-state index in [0.717, 1.165) is 0 Å². The molecular formula is C17H15NO4. The maximum absolute atomic E-state index is 12.5. The Morgan fingerprint density at radius 1 is 0.909 bits per heavy atom. The van der Waals surface area contributed by atoms with Crippen molar-refractivity contribution in [1.82, 2.24) is 0 Å². The molecule has 0 saturated heterocycles. The predicted molar refractivity (Wildman–Crippen MR) is 81.3 cm³/mol. The lowest BCUT2D eigenvalue weighted by Gasteiger charge is -2.18. The normalized spacial score (nSPS) is 14.3. The summed E-state index contributed by atoms with van der Waals surface area (Å²) in [6.45, 7) is -0.184. The summed E-state index contributed by atoms with van der Waals surface area (Å²) in [5.41, 5.74) is 2.19. The van der Waals surface area contributed by atoms with Crippen LogP contribution in [0.2, 0.25) is 0 Å². The Labute approximate surface area is 127 Å². The number of hydrogen-bond acceptors (Lipinski definition) is 5. The van der Waals surface area contributed by atoms with E-state index < -0.39 is 6.10 Å². The van der Waals surface area contributed by atoms with Crippen LogP contribution in [0.4, 0.5) is 5.69 Å². The molecule has 0 fully saturated rings. The molecule has 0 aliphatic heterocycles. The molecular weight excluding hydrogens is 282 g/mol. The molecule has 112 valence electrons. The van der Waals surface area contributed by atoms with Crippen LogP contribution in [0.25, 0.3) is 0 Å². The number of fused-ring (bicyclic) bond motifs is 2. The van der Waals surface area contributed by atoms with E-state index in [1.165, 1.54) is 0 Å². The number of nitrogens with one attached hydrogen (secondary N) is 1. The lowest BCUT2D eigenvalue weighted by Crippen LogP contribution is -2.24. The summed E-state index contributed by atoms with van der Waals surface area (Å²) in [5, 5.41) is 21.1. The molecule has 3 N–H and O–H groups in total. The average molecular weight is 297 g/mol. The Morgan fingerprint density at radius 3 is 2.14 bits per heavy atom. The maximum atomic E-state index is 12.5. The van der Waals surface area contributed by atoms with Crippen molar-refractivity contribution in [2.45, 2.75) is 6.10 Å². The van der Waals surface area contributed by atoms with Crippen molar-refractivity contribution in [3.05, 3.63) is 64.7 Å². The second-order valence-electron chi connectivity index (χ2n) is 5.18. The Balaban J connectivity index is 1.96. The molecule has 3 rings (SSSR count). The minimum atomic E-state index is -0.880. The number of aliphatic hydroxyl groups excluding tert-OH is 2. The van der Waals surface area contributed by atoms with Crippen molar-refractivity contribution in [3.8, 4) is 0 Å². The number of ketones is 2. The molecule has 0 aromatic heterocycles. The lowest BCUT2D eigenvalue weighted by molar-refractivity contribution is 0.0979. The van der Waals surface area contributed by atoms with Gasteiger partial charge < -0.3 is 15.5 Å². The van der Waals surface area contributed by atoms with Gasteiger partial charge in [0.2, 0.25) is 0 Å². The molecule has 1 unspecified atom stereocenters. The summed E-state index contributed by atoms with van der Waals surface area (Å²) < 4.78 is 0. The van der Waals surface area contributed by atoms with Gasteiger partial charge in [0, 0.05) is 34.5 Å². The zero-order valence-electron chi connectivity index (χ0n) is 11.7. The highest BCUT2D eigenvalue weighted by Gasteiger charge is 2.29. The SMILES string of the molecule is O=C1c2ccccc2C(=O)c2cc(NCC(O)CO)ccc21. The number of rotatable bonds is 4. The Kier molecular flexibility index (Phi) is 3.75. The highest BCUT2D eigenvalue weighted by Crippen LogP contribution is 2.29. The van der Waals surface area contributed by atoms with Gasteiger partial charge in [0.1, 0.15) is 0 Å². The number of hydrogen-bond donors (Lipinski definition) is 3. The van der Waals surface area contributed by atoms with Gasteiger partial charge in [-0.25, -0.2) is 0 Å². The van der Waals surface area contributed by atoms with Crippen molar-refractivity contribution in [3.63, 3.8) is 0 Å². The highest BCUT2D eigenvalue weighted by molar-refractivity contribution is 6.28. The van der Waals surface area contributed by atoms with Crippen LogP contribution < -0.4 is 5.32 Å². The van der Waals surface area contributed by atoms with E-state index in [-0.39, 0.29) is 24.7 Å². The summed E-state index contributed by atoms with van der Waals surface area (Å²) >= 11 is 0. The van der Waals surface area contributed by atoms with Crippen LogP contribution in [-0.4, -0.2) is 41.0 Å². The van der Waals surface area contributed by atoms with Gasteiger partial charge in [-0.15, -0.1) is 0 Å². The standard InChI is InChI=1S/C17H15NO4/c19-9-11(20)8-18-10-5-6-14-15(7-10)17(22)13-4-2-1-3-12(13)16(14)21/h1-7,11,18-20H,8-9H2. The van der Waals surface area contributed by atoms with Gasteiger partial charge >= 0.3 is 0 Å². The largest absolute Gasteiger partial charge is 0.394 e. The van der Waals surface area contributed by atoms with E-state index in [1.54, 1.807) is 42.5 Å². The van der Waals surface area contributed by atoms with Crippen molar-refractivity contribution in [2.75, 3.05) is 18.5 Å². The van der Waals surface area contributed by atoms with Crippen molar-refractivity contribution in [2.24, 2.45) is 0 Å². The summed E-state index contributed by atoms with van der Waals surface area (Å²) in [4.78, 5) is 25.0. The van der Waals surface area contributed by atoms with Crippen LogP contribution in [0, 0.1) is 0 Å². The van der Waals surface area contributed by atoms with Gasteiger partial charge in [0.05, 0.1) is 12.7 Å². The first-order chi connectivity index (χ1) is 10.6. The maximum Gasteiger partial charge on any atom is 0.194 e. The van der Waals surface area contributed by atoms with Crippen LogP contribution >= 0.6 is 0 Å². The summed E-state index contributed by atoms with van der Waals surface area (Å²) in [6, 6.07) is 11.7. The zero-order valence-corrected chi connectivity index (χ0v) is 11.7. The van der Waals surface area contributed by atoms with E-state index in [1.807, 2.05) is 0 Å². The molecule has 0 radical (unpaired) electrons. The number of anilines is 1. The number of carbonyl (C=O) groups is 2. The van der Waals surface area contributed by atoms with E-state index in [0.29, 0.717) is 27.9 Å². The quantitative estimate of drug-likeness (QED) is 0.674. The fourth-order valence-electron chi connectivity index (χ4n) is 2.51. The molecule has 5 heteroatoms. The van der Waals surface area contributed by atoms with Crippen molar-refractivity contribution < 1.29 is 19.8 Å². The molecule has 1 aliphatic carbocycles. The smallest absolute Gasteiger partial charge is 0.194 e. The van der Waals surface area contributed by atoms with E-state index in [2.05, 4.69) is 5.32 Å². The highest BCUT2D eigenvalue weighted by atomic mass is 16.3. The molecule has 0 spiro atoms. The first-order valence-electron chi connectivity index (χ1n) is 6.97. The van der Waals surface area contributed by atoms with Crippen LogP contribution in [0.3, 0.4) is 0 Å². The monoisotopic (exact) mass is 297 g/mol. The van der Waals surface area contributed by atoms with Crippen LogP contribution in [0.1, 0.15) is 31.8 Å². The molecule has 5 nitrogen and oxygen atoms in total. The molecule has 1 atom stereocenters. The molecule has 2 aromatic rings.